The highest BCUT2D eigenvalue weighted by molar-refractivity contribution is 6.01. The van der Waals surface area contributed by atoms with Crippen molar-refractivity contribution in [1.82, 2.24) is 4.98 Å². The number of carboxylic acids is 1. The summed E-state index contributed by atoms with van der Waals surface area (Å²) in [6, 6.07) is 4.85. The molecule has 6 heteroatoms. The SMILES string of the molecule is NCCCc1c(C(=O)O)[nH]c2ccc(C(N)=O)cc12. The summed E-state index contributed by atoms with van der Waals surface area (Å²) in [4.78, 5) is 25.3. The number of aromatic amines is 1. The van der Waals surface area contributed by atoms with E-state index in [1.54, 1.807) is 18.2 Å². The second kappa shape index (κ2) is 5.11. The van der Waals surface area contributed by atoms with Crippen LogP contribution in [0, 0.1) is 0 Å². The molecule has 0 bridgehead atoms. The fourth-order valence-corrected chi connectivity index (χ4v) is 2.12. The molecule has 0 spiro atoms. The van der Waals surface area contributed by atoms with E-state index >= 15 is 0 Å². The number of hydrogen-bond donors (Lipinski definition) is 4. The van der Waals surface area contributed by atoms with Gasteiger partial charge in [-0.2, -0.15) is 0 Å². The first-order chi connectivity index (χ1) is 9.04. The molecular weight excluding hydrogens is 246 g/mol. The lowest BCUT2D eigenvalue weighted by atomic mass is 10.0. The summed E-state index contributed by atoms with van der Waals surface area (Å²) in [5.74, 6) is -1.56. The minimum atomic E-state index is -1.02. The molecule has 1 amide bonds. The lowest BCUT2D eigenvalue weighted by Crippen LogP contribution is -2.10. The van der Waals surface area contributed by atoms with Gasteiger partial charge in [0.2, 0.25) is 5.91 Å². The van der Waals surface area contributed by atoms with E-state index in [4.69, 9.17) is 11.5 Å². The van der Waals surface area contributed by atoms with Gasteiger partial charge in [-0.15, -0.1) is 0 Å². The number of fused-ring (bicyclic) bond motifs is 1. The van der Waals surface area contributed by atoms with Crippen LogP contribution in [0.5, 0.6) is 0 Å². The molecule has 0 fully saturated rings. The van der Waals surface area contributed by atoms with Crippen molar-refractivity contribution >= 4 is 22.8 Å². The van der Waals surface area contributed by atoms with Crippen LogP contribution >= 0.6 is 0 Å². The van der Waals surface area contributed by atoms with Gasteiger partial charge in [0.1, 0.15) is 5.69 Å². The van der Waals surface area contributed by atoms with Crippen LogP contribution in [-0.2, 0) is 6.42 Å². The van der Waals surface area contributed by atoms with E-state index < -0.39 is 11.9 Å². The van der Waals surface area contributed by atoms with Gasteiger partial charge in [0, 0.05) is 16.5 Å². The predicted octanol–water partition coefficient (Wildman–Crippen LogP) is 0.856. The number of carbonyl (C=O) groups excluding carboxylic acids is 1. The van der Waals surface area contributed by atoms with E-state index in [0.29, 0.717) is 41.4 Å². The topological polar surface area (TPSA) is 122 Å². The monoisotopic (exact) mass is 261 g/mol. The molecule has 0 aliphatic heterocycles. The second-order valence-corrected chi connectivity index (χ2v) is 4.30. The molecule has 0 unspecified atom stereocenters. The number of nitrogens with two attached hydrogens (primary N) is 2. The number of aromatic carboxylic acids is 1. The Balaban J connectivity index is 2.62. The minimum absolute atomic E-state index is 0.144. The number of carbonyl (C=O) groups is 2. The molecule has 1 aromatic carbocycles. The first kappa shape index (κ1) is 13.1. The van der Waals surface area contributed by atoms with Crippen molar-refractivity contribution in [2.45, 2.75) is 12.8 Å². The van der Waals surface area contributed by atoms with E-state index in [9.17, 15) is 14.7 Å². The third-order valence-corrected chi connectivity index (χ3v) is 3.04. The quantitative estimate of drug-likeness (QED) is 0.637. The first-order valence-electron chi connectivity index (χ1n) is 5.92. The van der Waals surface area contributed by atoms with Crippen LogP contribution < -0.4 is 11.5 Å². The summed E-state index contributed by atoms with van der Waals surface area (Å²) in [7, 11) is 0. The number of aromatic nitrogens is 1. The molecule has 0 radical (unpaired) electrons. The molecule has 100 valence electrons. The van der Waals surface area contributed by atoms with E-state index in [2.05, 4.69) is 4.98 Å². The third-order valence-electron chi connectivity index (χ3n) is 3.04. The van der Waals surface area contributed by atoms with Gasteiger partial charge in [0.15, 0.2) is 0 Å². The number of H-pyrrole nitrogens is 1. The summed E-state index contributed by atoms with van der Waals surface area (Å²) in [5, 5.41) is 9.90. The molecule has 0 aliphatic rings. The number of rotatable bonds is 5. The van der Waals surface area contributed by atoms with Crippen molar-refractivity contribution in [2.75, 3.05) is 6.54 Å². The van der Waals surface area contributed by atoms with Crippen molar-refractivity contribution < 1.29 is 14.7 Å². The van der Waals surface area contributed by atoms with E-state index in [1.807, 2.05) is 0 Å². The van der Waals surface area contributed by atoms with Gasteiger partial charge in [0.05, 0.1) is 0 Å². The van der Waals surface area contributed by atoms with Gasteiger partial charge in [-0.3, -0.25) is 4.79 Å². The van der Waals surface area contributed by atoms with Crippen molar-refractivity contribution in [3.63, 3.8) is 0 Å². The fraction of sp³-hybridized carbons (Fsp3) is 0.231. The Kier molecular flexibility index (Phi) is 3.52. The normalized spacial score (nSPS) is 10.8. The third kappa shape index (κ3) is 2.43. The maximum absolute atomic E-state index is 11.2. The molecular formula is C13H15N3O3. The van der Waals surface area contributed by atoms with Crippen LogP contribution in [0.1, 0.15) is 32.8 Å². The number of carboxylic acid groups (broad SMARTS) is 1. The zero-order chi connectivity index (χ0) is 14.0. The van der Waals surface area contributed by atoms with Crippen LogP contribution in [0.3, 0.4) is 0 Å². The number of nitrogens with one attached hydrogen (secondary N) is 1. The molecule has 1 heterocycles. The van der Waals surface area contributed by atoms with Crippen LogP contribution in [0.2, 0.25) is 0 Å². The smallest absolute Gasteiger partial charge is 0.352 e. The maximum Gasteiger partial charge on any atom is 0.352 e. The predicted molar refractivity (Wildman–Crippen MR) is 71.2 cm³/mol. The number of amides is 1. The standard InChI is InChI=1S/C13H15N3O3/c14-5-1-2-8-9-6-7(12(15)17)3-4-10(9)16-11(8)13(18)19/h3-4,6,16H,1-2,5,14H2,(H2,15,17)(H,18,19). The summed E-state index contributed by atoms with van der Waals surface area (Å²) in [6.07, 6.45) is 1.22. The van der Waals surface area contributed by atoms with Gasteiger partial charge >= 0.3 is 5.97 Å². The fourth-order valence-electron chi connectivity index (χ4n) is 2.12. The van der Waals surface area contributed by atoms with E-state index in [1.165, 1.54) is 0 Å². The molecule has 1 aromatic heterocycles. The molecule has 6 N–H and O–H groups in total. The molecule has 19 heavy (non-hydrogen) atoms. The molecule has 0 atom stereocenters. The van der Waals surface area contributed by atoms with Crippen molar-refractivity contribution in [1.29, 1.82) is 0 Å². The van der Waals surface area contributed by atoms with Crippen LogP contribution in [0.4, 0.5) is 0 Å². The van der Waals surface area contributed by atoms with Crippen molar-refractivity contribution in [3.05, 3.63) is 35.0 Å². The lowest BCUT2D eigenvalue weighted by Gasteiger charge is -2.01. The Bertz CT molecular complexity index is 646. The molecule has 0 saturated carbocycles. The molecule has 0 saturated heterocycles. The highest BCUT2D eigenvalue weighted by Gasteiger charge is 2.17. The average molecular weight is 261 g/mol. The zero-order valence-corrected chi connectivity index (χ0v) is 10.3. The first-order valence-corrected chi connectivity index (χ1v) is 5.92. The largest absolute Gasteiger partial charge is 0.477 e. The molecule has 2 rings (SSSR count). The Labute approximate surface area is 109 Å². The number of hydrogen-bond acceptors (Lipinski definition) is 3. The number of benzene rings is 1. The lowest BCUT2D eigenvalue weighted by molar-refractivity contribution is 0.0690. The van der Waals surface area contributed by atoms with Crippen molar-refractivity contribution in [3.8, 4) is 0 Å². The summed E-state index contributed by atoms with van der Waals surface area (Å²) in [5.41, 5.74) is 12.5. The maximum atomic E-state index is 11.2. The number of aryl methyl sites for hydroxylation is 1. The van der Waals surface area contributed by atoms with E-state index in [0.717, 1.165) is 0 Å². The van der Waals surface area contributed by atoms with Gasteiger partial charge in [-0.1, -0.05) is 0 Å². The highest BCUT2D eigenvalue weighted by Crippen LogP contribution is 2.25. The van der Waals surface area contributed by atoms with E-state index in [-0.39, 0.29) is 5.69 Å². The van der Waals surface area contributed by atoms with Gasteiger partial charge in [-0.25, -0.2) is 4.79 Å². The summed E-state index contributed by atoms with van der Waals surface area (Å²) in [6.45, 7) is 0.473. The molecule has 0 aliphatic carbocycles. The minimum Gasteiger partial charge on any atom is -0.477 e. The zero-order valence-electron chi connectivity index (χ0n) is 10.3. The molecule has 6 nitrogen and oxygen atoms in total. The van der Waals surface area contributed by atoms with Crippen LogP contribution in [0.15, 0.2) is 18.2 Å². The van der Waals surface area contributed by atoms with Gasteiger partial charge in [0.25, 0.3) is 0 Å². The molecule has 2 aromatic rings. The average Bonchev–Trinajstić information content (AvgIpc) is 2.74. The Morgan fingerprint density at radius 1 is 1.32 bits per heavy atom. The van der Waals surface area contributed by atoms with Crippen LogP contribution in [-0.4, -0.2) is 28.5 Å². The van der Waals surface area contributed by atoms with Gasteiger partial charge in [-0.05, 0) is 43.1 Å². The summed E-state index contributed by atoms with van der Waals surface area (Å²) < 4.78 is 0. The Morgan fingerprint density at radius 3 is 2.63 bits per heavy atom. The number of primary amides is 1. The summed E-state index contributed by atoms with van der Waals surface area (Å²) >= 11 is 0. The Morgan fingerprint density at radius 2 is 2.05 bits per heavy atom. The van der Waals surface area contributed by atoms with Crippen LogP contribution in [0.25, 0.3) is 10.9 Å². The second-order valence-electron chi connectivity index (χ2n) is 4.30. The van der Waals surface area contributed by atoms with Gasteiger partial charge < -0.3 is 21.6 Å². The Hall–Kier alpha value is -2.34. The highest BCUT2D eigenvalue weighted by atomic mass is 16.4. The van der Waals surface area contributed by atoms with Crippen molar-refractivity contribution in [2.24, 2.45) is 11.5 Å².